The lowest BCUT2D eigenvalue weighted by Gasteiger charge is -2.17. The Morgan fingerprint density at radius 1 is 1.04 bits per heavy atom. The van der Waals surface area contributed by atoms with Crippen LogP contribution in [0.4, 0.5) is 0 Å². The Morgan fingerprint density at radius 3 is 2.36 bits per heavy atom. The first kappa shape index (κ1) is 17.8. The molecule has 0 radical (unpaired) electrons. The van der Waals surface area contributed by atoms with Crippen LogP contribution in [-0.4, -0.2) is 22.6 Å². The van der Waals surface area contributed by atoms with E-state index in [1.54, 1.807) is 20.3 Å². The quantitative estimate of drug-likeness (QED) is 0.888. The van der Waals surface area contributed by atoms with E-state index in [4.69, 9.17) is 9.47 Å². The number of aryl methyl sites for hydroxylation is 3. The van der Waals surface area contributed by atoms with Crippen molar-refractivity contribution in [2.24, 2.45) is 0 Å². The summed E-state index contributed by atoms with van der Waals surface area (Å²) in [6.45, 7) is 3.77. The van der Waals surface area contributed by atoms with Gasteiger partial charge in [-0.15, -0.1) is 0 Å². The Balaban J connectivity index is 1.93. The third kappa shape index (κ3) is 3.37. The zero-order chi connectivity index (χ0) is 18.2. The fourth-order valence-electron chi connectivity index (χ4n) is 3.41. The molecule has 2 aromatic carbocycles. The summed E-state index contributed by atoms with van der Waals surface area (Å²) in [5.74, 6) is 1.28. The Kier molecular flexibility index (Phi) is 4.75. The highest BCUT2D eigenvalue weighted by atomic mass is 32.2. The van der Waals surface area contributed by atoms with Gasteiger partial charge in [-0.1, -0.05) is 17.7 Å². The van der Waals surface area contributed by atoms with Crippen molar-refractivity contribution in [3.63, 3.8) is 0 Å². The molecule has 3 rings (SSSR count). The Morgan fingerprint density at radius 2 is 1.72 bits per heavy atom. The molecule has 1 atom stereocenters. The average molecular weight is 361 g/mol. The number of sulfonamides is 1. The van der Waals surface area contributed by atoms with E-state index in [-0.39, 0.29) is 6.04 Å². The van der Waals surface area contributed by atoms with Gasteiger partial charge in [0, 0.05) is 6.04 Å². The summed E-state index contributed by atoms with van der Waals surface area (Å²) in [6, 6.07) is 8.90. The van der Waals surface area contributed by atoms with Gasteiger partial charge in [0.25, 0.3) is 0 Å². The van der Waals surface area contributed by atoms with Crippen molar-refractivity contribution in [2.45, 2.75) is 37.6 Å². The molecule has 1 N–H and O–H groups in total. The SMILES string of the molecule is COc1cc2c(cc1OC)C(NS(=O)(=O)c1ccc(C)cc1C)CC2. The number of ether oxygens (including phenoxy) is 2. The Labute approximate surface area is 149 Å². The minimum Gasteiger partial charge on any atom is -0.493 e. The number of rotatable bonds is 5. The van der Waals surface area contributed by atoms with Crippen molar-refractivity contribution in [1.29, 1.82) is 0 Å². The first-order valence-corrected chi connectivity index (χ1v) is 9.68. The summed E-state index contributed by atoms with van der Waals surface area (Å²) in [6.07, 6.45) is 1.52. The van der Waals surface area contributed by atoms with E-state index in [1.165, 1.54) is 0 Å². The summed E-state index contributed by atoms with van der Waals surface area (Å²) in [4.78, 5) is 0.326. The molecule has 0 amide bonds. The van der Waals surface area contributed by atoms with E-state index in [2.05, 4.69) is 4.72 Å². The van der Waals surface area contributed by atoms with Gasteiger partial charge in [-0.05, 0) is 61.6 Å². The molecule has 25 heavy (non-hydrogen) atoms. The third-order valence-corrected chi connectivity index (χ3v) is 6.27. The van der Waals surface area contributed by atoms with Crippen molar-refractivity contribution in [1.82, 2.24) is 4.72 Å². The first-order valence-electron chi connectivity index (χ1n) is 8.20. The maximum absolute atomic E-state index is 12.8. The van der Waals surface area contributed by atoms with Gasteiger partial charge in [0.2, 0.25) is 10.0 Å². The lowest BCUT2D eigenvalue weighted by molar-refractivity contribution is 0.354. The van der Waals surface area contributed by atoms with Crippen LogP contribution in [0, 0.1) is 13.8 Å². The monoisotopic (exact) mass is 361 g/mol. The molecule has 0 aliphatic heterocycles. The Bertz CT molecular complexity index is 906. The normalized spacial score (nSPS) is 16.6. The van der Waals surface area contributed by atoms with Crippen LogP contribution in [0.2, 0.25) is 0 Å². The third-order valence-electron chi connectivity index (χ3n) is 4.64. The van der Waals surface area contributed by atoms with Gasteiger partial charge < -0.3 is 9.47 Å². The van der Waals surface area contributed by atoms with E-state index >= 15 is 0 Å². The van der Waals surface area contributed by atoms with Crippen molar-refractivity contribution in [3.05, 3.63) is 52.6 Å². The fraction of sp³-hybridized carbons (Fsp3) is 0.368. The molecule has 0 fully saturated rings. The van der Waals surface area contributed by atoms with Gasteiger partial charge in [0.15, 0.2) is 11.5 Å². The molecule has 134 valence electrons. The van der Waals surface area contributed by atoms with Crippen LogP contribution in [0.15, 0.2) is 35.2 Å². The van der Waals surface area contributed by atoms with Crippen molar-refractivity contribution in [2.75, 3.05) is 14.2 Å². The predicted octanol–water partition coefficient (Wildman–Crippen LogP) is 3.29. The van der Waals surface area contributed by atoms with Crippen LogP contribution in [0.1, 0.15) is 34.7 Å². The number of benzene rings is 2. The summed E-state index contributed by atoms with van der Waals surface area (Å²) in [5.41, 5.74) is 3.83. The second-order valence-electron chi connectivity index (χ2n) is 6.39. The van der Waals surface area contributed by atoms with Gasteiger partial charge in [-0.2, -0.15) is 0 Å². The first-order chi connectivity index (χ1) is 11.9. The van der Waals surface area contributed by atoms with E-state index in [0.717, 1.165) is 35.1 Å². The van der Waals surface area contributed by atoms with E-state index in [0.29, 0.717) is 16.4 Å². The fourth-order valence-corrected chi connectivity index (χ4v) is 4.88. The molecule has 0 spiro atoms. The zero-order valence-electron chi connectivity index (χ0n) is 14.9. The number of nitrogens with one attached hydrogen (secondary N) is 1. The van der Waals surface area contributed by atoms with Gasteiger partial charge >= 0.3 is 0 Å². The van der Waals surface area contributed by atoms with Crippen molar-refractivity contribution in [3.8, 4) is 11.5 Å². The maximum atomic E-state index is 12.8. The maximum Gasteiger partial charge on any atom is 0.241 e. The summed E-state index contributed by atoms with van der Waals surface area (Å²) >= 11 is 0. The molecule has 1 aliphatic carbocycles. The molecular formula is C19H23NO4S. The zero-order valence-corrected chi connectivity index (χ0v) is 15.7. The highest BCUT2D eigenvalue weighted by Crippen LogP contribution is 2.40. The molecule has 5 nitrogen and oxygen atoms in total. The summed E-state index contributed by atoms with van der Waals surface area (Å²) in [7, 11) is -0.417. The minimum atomic E-state index is -3.59. The summed E-state index contributed by atoms with van der Waals surface area (Å²) < 4.78 is 39.2. The largest absolute Gasteiger partial charge is 0.493 e. The predicted molar refractivity (Wildman–Crippen MR) is 96.8 cm³/mol. The molecule has 0 heterocycles. The van der Waals surface area contributed by atoms with Gasteiger partial charge in [0.1, 0.15) is 0 Å². The van der Waals surface area contributed by atoms with Crippen LogP contribution in [-0.2, 0) is 16.4 Å². The van der Waals surface area contributed by atoms with Crippen LogP contribution in [0.3, 0.4) is 0 Å². The smallest absolute Gasteiger partial charge is 0.241 e. The minimum absolute atomic E-state index is 0.263. The highest BCUT2D eigenvalue weighted by molar-refractivity contribution is 7.89. The second-order valence-corrected chi connectivity index (χ2v) is 8.07. The molecule has 0 saturated carbocycles. The van der Waals surface area contributed by atoms with Crippen LogP contribution >= 0.6 is 0 Å². The van der Waals surface area contributed by atoms with Crippen molar-refractivity contribution < 1.29 is 17.9 Å². The molecule has 1 unspecified atom stereocenters. The molecule has 2 aromatic rings. The number of fused-ring (bicyclic) bond motifs is 1. The van der Waals surface area contributed by atoms with E-state index in [9.17, 15) is 8.42 Å². The Hall–Kier alpha value is -2.05. The lowest BCUT2D eigenvalue weighted by atomic mass is 10.1. The average Bonchev–Trinajstić information content (AvgIpc) is 2.94. The van der Waals surface area contributed by atoms with Crippen LogP contribution in [0.25, 0.3) is 0 Å². The molecular weight excluding hydrogens is 338 g/mol. The topological polar surface area (TPSA) is 64.6 Å². The number of methoxy groups -OCH3 is 2. The van der Waals surface area contributed by atoms with Crippen LogP contribution in [0.5, 0.6) is 11.5 Å². The van der Waals surface area contributed by atoms with Gasteiger partial charge in [-0.3, -0.25) is 0 Å². The number of hydrogen-bond donors (Lipinski definition) is 1. The summed E-state index contributed by atoms with van der Waals surface area (Å²) in [5, 5.41) is 0. The molecule has 0 bridgehead atoms. The van der Waals surface area contributed by atoms with Gasteiger partial charge in [0.05, 0.1) is 19.1 Å². The van der Waals surface area contributed by atoms with E-state index in [1.807, 2.05) is 38.1 Å². The highest BCUT2D eigenvalue weighted by Gasteiger charge is 2.29. The number of hydrogen-bond acceptors (Lipinski definition) is 4. The molecule has 1 aliphatic rings. The van der Waals surface area contributed by atoms with Crippen LogP contribution < -0.4 is 14.2 Å². The standard InChI is InChI=1S/C19H23NO4S/c1-12-5-8-19(13(2)9-12)25(21,22)20-16-7-6-14-10-17(23-3)18(24-4)11-15(14)16/h5,8-11,16,20H,6-7H2,1-4H3. The van der Waals surface area contributed by atoms with Crippen molar-refractivity contribution >= 4 is 10.0 Å². The molecule has 0 aromatic heterocycles. The molecule has 0 saturated heterocycles. The second kappa shape index (κ2) is 6.69. The lowest BCUT2D eigenvalue weighted by Crippen LogP contribution is -2.28. The van der Waals surface area contributed by atoms with Gasteiger partial charge in [-0.25, -0.2) is 13.1 Å². The molecule has 6 heteroatoms. The van der Waals surface area contributed by atoms with E-state index < -0.39 is 10.0 Å².